The van der Waals surface area contributed by atoms with Gasteiger partial charge in [0.1, 0.15) is 5.75 Å². The molecule has 1 aliphatic heterocycles. The highest BCUT2D eigenvalue weighted by Crippen LogP contribution is 2.25. The van der Waals surface area contributed by atoms with Gasteiger partial charge in [-0.2, -0.15) is 0 Å². The van der Waals surface area contributed by atoms with Gasteiger partial charge < -0.3 is 15.0 Å². The lowest BCUT2D eigenvalue weighted by molar-refractivity contribution is 0.198. The van der Waals surface area contributed by atoms with E-state index in [4.69, 9.17) is 4.74 Å². The molecule has 18 heavy (non-hydrogen) atoms. The Kier molecular flexibility index (Phi) is 4.25. The van der Waals surface area contributed by atoms with Crippen LogP contribution in [0, 0.1) is 13.8 Å². The van der Waals surface area contributed by atoms with Gasteiger partial charge in [-0.25, -0.2) is 0 Å². The molecule has 0 radical (unpaired) electrons. The quantitative estimate of drug-likeness (QED) is 0.882. The highest BCUT2D eigenvalue weighted by atomic mass is 16.5. The van der Waals surface area contributed by atoms with E-state index in [-0.39, 0.29) is 0 Å². The van der Waals surface area contributed by atoms with E-state index >= 15 is 0 Å². The zero-order chi connectivity index (χ0) is 13.1. The Morgan fingerprint density at radius 1 is 1.33 bits per heavy atom. The van der Waals surface area contributed by atoms with Gasteiger partial charge in [0.15, 0.2) is 0 Å². The Hall–Kier alpha value is -1.06. The van der Waals surface area contributed by atoms with Crippen LogP contribution in [0.5, 0.6) is 5.75 Å². The van der Waals surface area contributed by atoms with Crippen molar-refractivity contribution in [3.63, 3.8) is 0 Å². The summed E-state index contributed by atoms with van der Waals surface area (Å²) in [5, 5.41) is 3.47. The number of rotatable bonds is 3. The SMILES string of the molecule is COc1cc(C)c(C)cc1CC1CNCCN1C. The fraction of sp³-hybridized carbons (Fsp3) is 0.600. The molecule has 0 bridgehead atoms. The van der Waals surface area contributed by atoms with E-state index in [0.29, 0.717) is 6.04 Å². The number of likely N-dealkylation sites (N-methyl/N-ethyl adjacent to an activating group) is 1. The molecule has 1 heterocycles. The molecule has 0 amide bonds. The lowest BCUT2D eigenvalue weighted by atomic mass is 9.98. The van der Waals surface area contributed by atoms with Crippen LogP contribution in [0.25, 0.3) is 0 Å². The van der Waals surface area contributed by atoms with Crippen LogP contribution in [0.4, 0.5) is 0 Å². The Balaban J connectivity index is 2.19. The van der Waals surface area contributed by atoms with E-state index in [1.807, 2.05) is 0 Å². The highest BCUT2D eigenvalue weighted by molar-refractivity contribution is 5.42. The first-order valence-electron chi connectivity index (χ1n) is 6.67. The second kappa shape index (κ2) is 5.72. The van der Waals surface area contributed by atoms with Gasteiger partial charge in [0.2, 0.25) is 0 Å². The van der Waals surface area contributed by atoms with Gasteiger partial charge in [-0.3, -0.25) is 0 Å². The summed E-state index contributed by atoms with van der Waals surface area (Å²) >= 11 is 0. The third-order valence-corrected chi connectivity index (χ3v) is 4.00. The summed E-state index contributed by atoms with van der Waals surface area (Å²) in [6.45, 7) is 7.58. The summed E-state index contributed by atoms with van der Waals surface area (Å²) in [5.41, 5.74) is 3.96. The molecular formula is C15H24N2O. The first kappa shape index (κ1) is 13.4. The number of benzene rings is 1. The Morgan fingerprint density at radius 3 is 2.72 bits per heavy atom. The number of hydrogen-bond acceptors (Lipinski definition) is 3. The summed E-state index contributed by atoms with van der Waals surface area (Å²) in [7, 11) is 3.97. The Bertz CT molecular complexity index is 417. The van der Waals surface area contributed by atoms with Crippen molar-refractivity contribution in [3.8, 4) is 5.75 Å². The first-order chi connectivity index (χ1) is 8.61. The molecule has 1 saturated heterocycles. The molecule has 1 aliphatic rings. The van der Waals surface area contributed by atoms with Crippen LogP contribution in [0.1, 0.15) is 16.7 Å². The second-order valence-corrected chi connectivity index (χ2v) is 5.29. The fourth-order valence-corrected chi connectivity index (χ4v) is 2.54. The molecule has 0 aliphatic carbocycles. The normalized spacial score (nSPS) is 21.0. The van der Waals surface area contributed by atoms with Crippen molar-refractivity contribution in [2.45, 2.75) is 26.3 Å². The maximum absolute atomic E-state index is 5.52. The molecule has 1 unspecified atom stereocenters. The van der Waals surface area contributed by atoms with Crippen LogP contribution in [0.3, 0.4) is 0 Å². The Morgan fingerprint density at radius 2 is 2.06 bits per heavy atom. The van der Waals surface area contributed by atoms with Crippen LogP contribution in [-0.4, -0.2) is 44.7 Å². The molecule has 100 valence electrons. The van der Waals surface area contributed by atoms with Crippen LogP contribution in [-0.2, 0) is 6.42 Å². The average molecular weight is 248 g/mol. The standard InChI is InChI=1S/C15H24N2O/c1-11-7-13(15(18-4)8-12(11)2)9-14-10-16-5-6-17(14)3/h7-8,14,16H,5-6,9-10H2,1-4H3. The number of piperazine rings is 1. The number of aryl methyl sites for hydroxylation is 2. The molecule has 2 rings (SSSR count). The zero-order valence-electron chi connectivity index (χ0n) is 11.9. The molecule has 3 nitrogen and oxygen atoms in total. The van der Waals surface area contributed by atoms with Gasteiger partial charge in [0.25, 0.3) is 0 Å². The zero-order valence-corrected chi connectivity index (χ0v) is 11.9. The van der Waals surface area contributed by atoms with Crippen molar-refractivity contribution in [2.75, 3.05) is 33.8 Å². The molecule has 1 fully saturated rings. The van der Waals surface area contributed by atoms with Crippen LogP contribution in [0.2, 0.25) is 0 Å². The van der Waals surface area contributed by atoms with Gasteiger partial charge in [-0.05, 0) is 50.1 Å². The van der Waals surface area contributed by atoms with Crippen molar-refractivity contribution in [1.29, 1.82) is 0 Å². The number of methoxy groups -OCH3 is 1. The number of ether oxygens (including phenoxy) is 1. The third-order valence-electron chi connectivity index (χ3n) is 4.00. The monoisotopic (exact) mass is 248 g/mol. The Labute approximate surface area is 110 Å². The fourth-order valence-electron chi connectivity index (χ4n) is 2.54. The van der Waals surface area contributed by atoms with Crippen molar-refractivity contribution in [3.05, 3.63) is 28.8 Å². The summed E-state index contributed by atoms with van der Waals surface area (Å²) in [6.07, 6.45) is 1.05. The largest absolute Gasteiger partial charge is 0.496 e. The third kappa shape index (κ3) is 2.85. The molecular weight excluding hydrogens is 224 g/mol. The van der Waals surface area contributed by atoms with Gasteiger partial charge in [0.05, 0.1) is 7.11 Å². The van der Waals surface area contributed by atoms with Gasteiger partial charge >= 0.3 is 0 Å². The summed E-state index contributed by atoms with van der Waals surface area (Å²) in [5.74, 6) is 1.03. The predicted molar refractivity (Wildman–Crippen MR) is 75.5 cm³/mol. The van der Waals surface area contributed by atoms with Crippen LogP contribution in [0.15, 0.2) is 12.1 Å². The lowest BCUT2D eigenvalue weighted by Crippen LogP contribution is -2.50. The molecule has 3 heteroatoms. The maximum atomic E-state index is 5.52. The van der Waals surface area contributed by atoms with E-state index in [1.54, 1.807) is 7.11 Å². The summed E-state index contributed by atoms with van der Waals surface area (Å²) in [6, 6.07) is 4.99. The van der Waals surface area contributed by atoms with Crippen molar-refractivity contribution < 1.29 is 4.74 Å². The number of nitrogens with zero attached hydrogens (tertiary/aromatic N) is 1. The van der Waals surface area contributed by atoms with Crippen LogP contribution >= 0.6 is 0 Å². The van der Waals surface area contributed by atoms with Crippen LogP contribution < -0.4 is 10.1 Å². The van der Waals surface area contributed by atoms with Crippen molar-refractivity contribution in [2.24, 2.45) is 0 Å². The van der Waals surface area contributed by atoms with E-state index in [2.05, 4.69) is 43.2 Å². The summed E-state index contributed by atoms with van der Waals surface area (Å²) in [4.78, 5) is 2.44. The maximum Gasteiger partial charge on any atom is 0.122 e. The van der Waals surface area contributed by atoms with Gasteiger partial charge in [-0.15, -0.1) is 0 Å². The molecule has 0 spiro atoms. The predicted octanol–water partition coefficient (Wildman–Crippen LogP) is 1.76. The van der Waals surface area contributed by atoms with E-state index < -0.39 is 0 Å². The first-order valence-corrected chi connectivity index (χ1v) is 6.67. The van der Waals surface area contributed by atoms with Crippen molar-refractivity contribution in [1.82, 2.24) is 10.2 Å². The molecule has 0 saturated carbocycles. The van der Waals surface area contributed by atoms with E-state index in [0.717, 1.165) is 31.8 Å². The topological polar surface area (TPSA) is 24.5 Å². The minimum atomic E-state index is 0.565. The minimum absolute atomic E-state index is 0.565. The molecule has 0 aromatic heterocycles. The molecule has 1 N–H and O–H groups in total. The smallest absolute Gasteiger partial charge is 0.122 e. The molecule has 1 atom stereocenters. The van der Waals surface area contributed by atoms with Gasteiger partial charge in [0, 0.05) is 25.7 Å². The summed E-state index contributed by atoms with van der Waals surface area (Å²) < 4.78 is 5.52. The lowest BCUT2D eigenvalue weighted by Gasteiger charge is -2.33. The number of nitrogens with one attached hydrogen (secondary N) is 1. The van der Waals surface area contributed by atoms with Crippen molar-refractivity contribution >= 4 is 0 Å². The minimum Gasteiger partial charge on any atom is -0.496 e. The van der Waals surface area contributed by atoms with E-state index in [9.17, 15) is 0 Å². The molecule has 1 aromatic carbocycles. The molecule has 1 aromatic rings. The number of hydrogen-bond donors (Lipinski definition) is 1. The van der Waals surface area contributed by atoms with Gasteiger partial charge in [-0.1, -0.05) is 6.07 Å². The average Bonchev–Trinajstić information content (AvgIpc) is 2.36. The second-order valence-electron chi connectivity index (χ2n) is 5.29. The highest BCUT2D eigenvalue weighted by Gasteiger charge is 2.20. The van der Waals surface area contributed by atoms with E-state index in [1.165, 1.54) is 16.7 Å².